The SMILES string of the molecule is N#Cc1cnc(SCC(=O)N2CCN(Cc3c(F)cccc3Cl)CC2)nc1N. The lowest BCUT2D eigenvalue weighted by Gasteiger charge is -2.34. The number of rotatable bonds is 5. The van der Waals surface area contributed by atoms with Crippen LogP contribution in [-0.4, -0.2) is 57.6 Å². The molecule has 0 unspecified atom stereocenters. The number of nitriles is 1. The first kappa shape index (κ1) is 20.3. The summed E-state index contributed by atoms with van der Waals surface area (Å²) >= 11 is 7.26. The quantitative estimate of drug-likeness (QED) is 0.584. The first-order valence-corrected chi connectivity index (χ1v) is 9.92. The number of amides is 1. The maximum Gasteiger partial charge on any atom is 0.233 e. The van der Waals surface area contributed by atoms with Crippen molar-refractivity contribution in [2.24, 2.45) is 0 Å². The van der Waals surface area contributed by atoms with Crippen LogP contribution in [0.15, 0.2) is 29.6 Å². The van der Waals surface area contributed by atoms with Gasteiger partial charge in [0.2, 0.25) is 5.91 Å². The molecule has 28 heavy (non-hydrogen) atoms. The summed E-state index contributed by atoms with van der Waals surface area (Å²) in [6, 6.07) is 6.56. The van der Waals surface area contributed by atoms with Crippen LogP contribution >= 0.6 is 23.4 Å². The number of nitrogen functional groups attached to an aromatic ring is 1. The number of anilines is 1. The largest absolute Gasteiger partial charge is 0.382 e. The summed E-state index contributed by atoms with van der Waals surface area (Å²) in [4.78, 5) is 24.3. The van der Waals surface area contributed by atoms with E-state index in [1.807, 2.05) is 6.07 Å². The second-order valence-electron chi connectivity index (χ2n) is 6.21. The minimum Gasteiger partial charge on any atom is -0.382 e. The summed E-state index contributed by atoms with van der Waals surface area (Å²) in [7, 11) is 0. The van der Waals surface area contributed by atoms with Crippen molar-refractivity contribution in [1.82, 2.24) is 19.8 Å². The van der Waals surface area contributed by atoms with Gasteiger partial charge in [-0.3, -0.25) is 9.69 Å². The molecule has 10 heteroatoms. The predicted octanol–water partition coefficient (Wildman–Crippen LogP) is 2.16. The van der Waals surface area contributed by atoms with Crippen LogP contribution in [0.2, 0.25) is 5.02 Å². The van der Waals surface area contributed by atoms with Gasteiger partial charge >= 0.3 is 0 Å². The molecule has 1 saturated heterocycles. The van der Waals surface area contributed by atoms with Gasteiger partial charge in [-0.1, -0.05) is 29.4 Å². The van der Waals surface area contributed by atoms with Crippen LogP contribution in [0, 0.1) is 17.1 Å². The Labute approximate surface area is 171 Å². The highest BCUT2D eigenvalue weighted by atomic mass is 35.5. The average Bonchev–Trinajstić information content (AvgIpc) is 2.69. The van der Waals surface area contributed by atoms with Crippen LogP contribution < -0.4 is 5.73 Å². The van der Waals surface area contributed by atoms with E-state index < -0.39 is 0 Å². The van der Waals surface area contributed by atoms with Gasteiger partial charge in [0, 0.05) is 43.3 Å². The molecule has 3 rings (SSSR count). The monoisotopic (exact) mass is 420 g/mol. The van der Waals surface area contributed by atoms with E-state index in [1.54, 1.807) is 17.0 Å². The number of hydrogen-bond acceptors (Lipinski definition) is 7. The minimum absolute atomic E-state index is 0.0277. The molecule has 1 amide bonds. The molecule has 0 bridgehead atoms. The number of carbonyl (C=O) groups excluding carboxylic acids is 1. The summed E-state index contributed by atoms with van der Waals surface area (Å²) in [5, 5.41) is 9.61. The van der Waals surface area contributed by atoms with Gasteiger partial charge in [-0.15, -0.1) is 0 Å². The fourth-order valence-corrected chi connectivity index (χ4v) is 3.76. The lowest BCUT2D eigenvalue weighted by Crippen LogP contribution is -2.48. The molecule has 146 valence electrons. The van der Waals surface area contributed by atoms with Crippen LogP contribution in [0.3, 0.4) is 0 Å². The summed E-state index contributed by atoms with van der Waals surface area (Å²) in [6.07, 6.45) is 1.35. The Kier molecular flexibility index (Phi) is 6.67. The highest BCUT2D eigenvalue weighted by Gasteiger charge is 2.22. The zero-order chi connectivity index (χ0) is 20.1. The Hall–Kier alpha value is -2.41. The highest BCUT2D eigenvalue weighted by Crippen LogP contribution is 2.22. The van der Waals surface area contributed by atoms with E-state index in [4.69, 9.17) is 22.6 Å². The van der Waals surface area contributed by atoms with E-state index in [9.17, 15) is 9.18 Å². The van der Waals surface area contributed by atoms with E-state index in [1.165, 1.54) is 24.0 Å². The molecule has 1 fully saturated rings. The zero-order valence-corrected chi connectivity index (χ0v) is 16.5. The molecular formula is C18H18ClFN6OS. The lowest BCUT2D eigenvalue weighted by molar-refractivity contribution is -0.130. The summed E-state index contributed by atoms with van der Waals surface area (Å²) in [6.45, 7) is 2.81. The number of halogens is 2. The van der Waals surface area contributed by atoms with E-state index >= 15 is 0 Å². The Morgan fingerprint density at radius 3 is 2.75 bits per heavy atom. The fourth-order valence-electron chi connectivity index (χ4n) is 2.81. The van der Waals surface area contributed by atoms with Gasteiger partial charge in [-0.05, 0) is 12.1 Å². The molecule has 2 N–H and O–H groups in total. The third-order valence-corrected chi connectivity index (χ3v) is 5.61. The number of thioether (sulfide) groups is 1. The Morgan fingerprint density at radius 2 is 2.11 bits per heavy atom. The fraction of sp³-hybridized carbons (Fsp3) is 0.333. The molecule has 0 aliphatic carbocycles. The molecule has 7 nitrogen and oxygen atoms in total. The van der Waals surface area contributed by atoms with Crippen LogP contribution in [0.4, 0.5) is 10.2 Å². The van der Waals surface area contributed by atoms with Crippen molar-refractivity contribution >= 4 is 35.1 Å². The maximum absolute atomic E-state index is 13.9. The van der Waals surface area contributed by atoms with Crippen LogP contribution in [0.5, 0.6) is 0 Å². The number of aromatic nitrogens is 2. The standard InChI is InChI=1S/C18H18ClFN6OS/c19-14-2-1-3-15(20)13(14)10-25-4-6-26(7-5-25)16(27)11-28-18-23-9-12(8-21)17(22)24-18/h1-3,9H,4-7,10-11H2,(H2,22,23,24). The Morgan fingerprint density at radius 1 is 1.36 bits per heavy atom. The van der Waals surface area contributed by atoms with E-state index in [2.05, 4.69) is 14.9 Å². The second kappa shape index (κ2) is 9.19. The van der Waals surface area contributed by atoms with Crippen molar-refractivity contribution < 1.29 is 9.18 Å². The number of carbonyl (C=O) groups is 1. The molecule has 1 aliphatic heterocycles. The van der Waals surface area contributed by atoms with Gasteiger partial charge in [0.25, 0.3) is 0 Å². The number of nitrogens with two attached hydrogens (primary N) is 1. The van der Waals surface area contributed by atoms with Crippen molar-refractivity contribution in [2.45, 2.75) is 11.7 Å². The van der Waals surface area contributed by atoms with Crippen molar-refractivity contribution in [2.75, 3.05) is 37.7 Å². The molecule has 1 aromatic carbocycles. The molecular weight excluding hydrogens is 403 g/mol. The third-order valence-electron chi connectivity index (χ3n) is 4.41. The zero-order valence-electron chi connectivity index (χ0n) is 14.9. The predicted molar refractivity (Wildman–Crippen MR) is 105 cm³/mol. The molecule has 0 saturated carbocycles. The van der Waals surface area contributed by atoms with Gasteiger partial charge < -0.3 is 10.6 Å². The second-order valence-corrected chi connectivity index (χ2v) is 7.56. The smallest absolute Gasteiger partial charge is 0.233 e. The molecule has 1 aromatic heterocycles. The minimum atomic E-state index is -0.316. The Balaban J connectivity index is 1.49. The van der Waals surface area contributed by atoms with Crippen molar-refractivity contribution in [3.63, 3.8) is 0 Å². The van der Waals surface area contributed by atoms with Gasteiger partial charge in [-0.2, -0.15) is 5.26 Å². The van der Waals surface area contributed by atoms with E-state index in [-0.39, 0.29) is 28.9 Å². The van der Waals surface area contributed by atoms with Crippen LogP contribution in [0.1, 0.15) is 11.1 Å². The summed E-state index contributed by atoms with van der Waals surface area (Å²) in [5.74, 6) is -0.0538. The first-order valence-electron chi connectivity index (χ1n) is 8.56. The van der Waals surface area contributed by atoms with E-state index in [0.717, 1.165) is 0 Å². The molecule has 1 aliphatic rings. The van der Waals surface area contributed by atoms with Crippen molar-refractivity contribution in [3.05, 3.63) is 46.4 Å². The number of nitrogens with zero attached hydrogens (tertiary/aromatic N) is 5. The van der Waals surface area contributed by atoms with Crippen LogP contribution in [0.25, 0.3) is 0 Å². The Bertz CT molecular complexity index is 893. The normalized spacial score (nSPS) is 14.7. The molecule has 0 atom stereocenters. The first-order chi connectivity index (χ1) is 13.5. The molecule has 0 radical (unpaired) electrons. The highest BCUT2D eigenvalue weighted by molar-refractivity contribution is 7.99. The van der Waals surface area contributed by atoms with Crippen LogP contribution in [-0.2, 0) is 11.3 Å². The van der Waals surface area contributed by atoms with Gasteiger partial charge in [0.05, 0.1) is 11.9 Å². The van der Waals surface area contributed by atoms with Gasteiger partial charge in [0.1, 0.15) is 23.3 Å². The molecule has 2 heterocycles. The van der Waals surface area contributed by atoms with Crippen molar-refractivity contribution in [3.8, 4) is 6.07 Å². The number of benzene rings is 1. The van der Waals surface area contributed by atoms with E-state index in [0.29, 0.717) is 48.5 Å². The van der Waals surface area contributed by atoms with Gasteiger partial charge in [-0.25, -0.2) is 14.4 Å². The number of hydrogen-bond donors (Lipinski definition) is 1. The molecule has 0 spiro atoms. The summed E-state index contributed by atoms with van der Waals surface area (Å²) < 4.78 is 13.9. The maximum atomic E-state index is 13.9. The third kappa shape index (κ3) is 4.90. The summed E-state index contributed by atoms with van der Waals surface area (Å²) in [5.41, 5.74) is 6.35. The van der Waals surface area contributed by atoms with Gasteiger partial charge in [0.15, 0.2) is 5.16 Å². The molecule has 2 aromatic rings. The lowest BCUT2D eigenvalue weighted by atomic mass is 10.2. The van der Waals surface area contributed by atoms with Crippen molar-refractivity contribution in [1.29, 1.82) is 5.26 Å². The topological polar surface area (TPSA) is 99.1 Å². The average molecular weight is 421 g/mol. The number of piperazine rings is 1.